The molecule has 0 atom stereocenters. The van der Waals surface area contributed by atoms with Gasteiger partial charge in [-0.25, -0.2) is 0 Å². The van der Waals surface area contributed by atoms with E-state index in [0.717, 1.165) is 77.6 Å². The second kappa shape index (κ2) is 10.9. The van der Waals surface area contributed by atoms with Gasteiger partial charge in [-0.05, 0) is 88.3 Å². The summed E-state index contributed by atoms with van der Waals surface area (Å²) in [5, 5.41) is 5.37. The Morgan fingerprint density at radius 1 is 0.449 bits per heavy atom. The van der Waals surface area contributed by atoms with Crippen LogP contribution in [0.3, 0.4) is 0 Å². The smallest absolute Gasteiger partial charge is 0.153 e. The Morgan fingerprint density at radius 2 is 1.22 bits per heavy atom. The van der Waals surface area contributed by atoms with E-state index in [1.165, 1.54) is 16.5 Å². The first-order chi connectivity index (χ1) is 24.3. The van der Waals surface area contributed by atoms with E-state index >= 15 is 0 Å². The number of aromatic nitrogens is 2. The van der Waals surface area contributed by atoms with E-state index in [2.05, 4.69) is 136 Å². The van der Waals surface area contributed by atoms with Gasteiger partial charge in [0.2, 0.25) is 0 Å². The minimum Gasteiger partial charge on any atom is -0.456 e. The van der Waals surface area contributed by atoms with Crippen LogP contribution >= 0.6 is 0 Å². The summed E-state index contributed by atoms with van der Waals surface area (Å²) in [6, 6.07) is 50.9. The molecule has 10 rings (SSSR count). The lowest BCUT2D eigenvalue weighted by molar-refractivity contribution is 0.668. The van der Waals surface area contributed by atoms with Crippen LogP contribution in [0, 0.1) is 0 Å². The van der Waals surface area contributed by atoms with Crippen LogP contribution in [0.25, 0.3) is 77.0 Å². The molecule has 0 saturated heterocycles. The molecule has 0 aliphatic carbocycles. The van der Waals surface area contributed by atoms with Gasteiger partial charge in [-0.3, -0.25) is 9.97 Å². The molecule has 0 radical (unpaired) electrons. The number of hydrogen-bond acceptors (Lipinski definition) is 5. The number of fused-ring (bicyclic) bond motifs is 7. The largest absolute Gasteiger partial charge is 0.456 e. The second-order valence-electron chi connectivity index (χ2n) is 12.2. The minimum atomic E-state index is 0.774. The van der Waals surface area contributed by atoms with Gasteiger partial charge < -0.3 is 13.7 Å². The van der Waals surface area contributed by atoms with E-state index in [1.54, 1.807) is 6.20 Å². The van der Waals surface area contributed by atoms with Crippen molar-refractivity contribution in [3.63, 3.8) is 0 Å². The van der Waals surface area contributed by atoms with Gasteiger partial charge >= 0.3 is 0 Å². The highest BCUT2D eigenvalue weighted by Gasteiger charge is 2.21. The van der Waals surface area contributed by atoms with E-state index in [-0.39, 0.29) is 0 Å². The molecule has 49 heavy (non-hydrogen) atoms. The van der Waals surface area contributed by atoms with Crippen molar-refractivity contribution >= 4 is 71.8 Å². The molecule has 0 aliphatic rings. The molecule has 0 amide bonds. The maximum atomic E-state index is 6.23. The van der Waals surface area contributed by atoms with Crippen molar-refractivity contribution in [1.82, 2.24) is 9.97 Å². The zero-order valence-electron chi connectivity index (χ0n) is 26.2. The van der Waals surface area contributed by atoms with E-state index in [0.29, 0.717) is 0 Å². The number of nitrogens with zero attached hydrogens (tertiary/aromatic N) is 3. The van der Waals surface area contributed by atoms with Gasteiger partial charge in [0.05, 0.1) is 5.69 Å². The summed E-state index contributed by atoms with van der Waals surface area (Å²) >= 11 is 0. The molecule has 0 bridgehead atoms. The van der Waals surface area contributed by atoms with Crippen LogP contribution in [-0.4, -0.2) is 9.97 Å². The zero-order chi connectivity index (χ0) is 32.3. The summed E-state index contributed by atoms with van der Waals surface area (Å²) in [6.45, 7) is 0. The summed E-state index contributed by atoms with van der Waals surface area (Å²) in [5.41, 5.74) is 11.8. The highest BCUT2D eigenvalue weighted by Crippen LogP contribution is 2.45. The third kappa shape index (κ3) is 4.40. The molecule has 5 nitrogen and oxygen atoms in total. The molecule has 230 valence electrons. The normalized spacial score (nSPS) is 11.7. The molecule has 0 N–H and O–H groups in total. The predicted octanol–water partition coefficient (Wildman–Crippen LogP) is 12.2. The van der Waals surface area contributed by atoms with E-state index in [1.807, 2.05) is 36.7 Å². The number of hydrogen-bond donors (Lipinski definition) is 0. The highest BCUT2D eigenvalue weighted by molar-refractivity contribution is 6.13. The van der Waals surface area contributed by atoms with Crippen molar-refractivity contribution in [2.45, 2.75) is 0 Å². The third-order valence-corrected chi connectivity index (χ3v) is 9.41. The molecular formula is C44H27N3O2. The summed E-state index contributed by atoms with van der Waals surface area (Å²) in [4.78, 5) is 11.4. The average Bonchev–Trinajstić information content (AvgIpc) is 3.74. The molecule has 4 aromatic heterocycles. The van der Waals surface area contributed by atoms with Gasteiger partial charge in [-0.1, -0.05) is 84.9 Å². The molecule has 10 aromatic rings. The molecule has 0 aliphatic heterocycles. The molecule has 6 aromatic carbocycles. The molecule has 5 heteroatoms. The summed E-state index contributed by atoms with van der Waals surface area (Å²) in [7, 11) is 0. The SMILES string of the molecule is c1ccc(-c2ccc(N(c3cccc(-c4cccc5oc6ccncc6c45)c3)c3ccc4oc5cccnc5c4c3)c3ccccc23)cc1. The summed E-state index contributed by atoms with van der Waals surface area (Å²) < 4.78 is 12.4. The van der Waals surface area contributed by atoms with Crippen molar-refractivity contribution in [3.8, 4) is 22.3 Å². The van der Waals surface area contributed by atoms with Crippen LogP contribution in [0.1, 0.15) is 0 Å². The second-order valence-corrected chi connectivity index (χ2v) is 12.2. The fraction of sp³-hybridized carbons (Fsp3) is 0. The Hall–Kier alpha value is -6.72. The van der Waals surface area contributed by atoms with Crippen molar-refractivity contribution in [2.24, 2.45) is 0 Å². The maximum absolute atomic E-state index is 6.23. The lowest BCUT2D eigenvalue weighted by Crippen LogP contribution is -2.10. The quantitative estimate of drug-likeness (QED) is 0.190. The van der Waals surface area contributed by atoms with Crippen molar-refractivity contribution < 1.29 is 8.83 Å². The van der Waals surface area contributed by atoms with Crippen LogP contribution in [0.2, 0.25) is 0 Å². The van der Waals surface area contributed by atoms with Gasteiger partial charge in [0.15, 0.2) is 5.58 Å². The first-order valence-corrected chi connectivity index (χ1v) is 16.3. The van der Waals surface area contributed by atoms with E-state index in [4.69, 9.17) is 8.83 Å². The minimum absolute atomic E-state index is 0.774. The monoisotopic (exact) mass is 629 g/mol. The Balaban J connectivity index is 1.23. The van der Waals surface area contributed by atoms with Crippen molar-refractivity contribution in [3.05, 3.63) is 164 Å². The first kappa shape index (κ1) is 27.4. The number of anilines is 3. The van der Waals surface area contributed by atoms with Crippen LogP contribution in [0.4, 0.5) is 17.1 Å². The maximum Gasteiger partial charge on any atom is 0.153 e. The molecule has 0 saturated carbocycles. The number of benzene rings is 6. The molecular weight excluding hydrogens is 603 g/mol. The van der Waals surface area contributed by atoms with Gasteiger partial charge in [0.25, 0.3) is 0 Å². The van der Waals surface area contributed by atoms with Crippen LogP contribution in [0.15, 0.2) is 173 Å². The van der Waals surface area contributed by atoms with Crippen LogP contribution < -0.4 is 4.90 Å². The number of pyridine rings is 2. The molecule has 0 unspecified atom stereocenters. The van der Waals surface area contributed by atoms with E-state index in [9.17, 15) is 0 Å². The lowest BCUT2D eigenvalue weighted by Gasteiger charge is -2.28. The highest BCUT2D eigenvalue weighted by atomic mass is 16.3. The van der Waals surface area contributed by atoms with Gasteiger partial charge in [0.1, 0.15) is 22.3 Å². The van der Waals surface area contributed by atoms with Gasteiger partial charge in [0, 0.05) is 51.5 Å². The Kier molecular flexibility index (Phi) is 6.11. The Bertz CT molecular complexity index is 2850. The Labute approximate surface area is 281 Å². The predicted molar refractivity (Wildman–Crippen MR) is 200 cm³/mol. The van der Waals surface area contributed by atoms with Crippen molar-refractivity contribution in [1.29, 1.82) is 0 Å². The van der Waals surface area contributed by atoms with Crippen LogP contribution in [-0.2, 0) is 0 Å². The number of rotatable bonds is 5. The lowest BCUT2D eigenvalue weighted by atomic mass is 9.96. The molecule has 0 spiro atoms. The van der Waals surface area contributed by atoms with Crippen LogP contribution in [0.5, 0.6) is 0 Å². The molecule has 0 fully saturated rings. The van der Waals surface area contributed by atoms with Crippen molar-refractivity contribution in [2.75, 3.05) is 4.90 Å². The van der Waals surface area contributed by atoms with Gasteiger partial charge in [-0.2, -0.15) is 0 Å². The topological polar surface area (TPSA) is 55.3 Å². The summed E-state index contributed by atoms with van der Waals surface area (Å²) in [6.07, 6.45) is 5.47. The average molecular weight is 630 g/mol. The fourth-order valence-corrected chi connectivity index (χ4v) is 7.22. The standard InChI is InChI=1S/C44H27N3O2/c1-2-9-28(10-3-1)32-19-20-38(35-14-5-4-13-34(32)35)47(31-18-21-39-36(26-31)44-42(49-39)17-8-23-46-44)30-12-6-11-29(25-30)33-15-7-16-41-43(33)37-27-45-24-22-40(37)48-41/h1-27H. The molecule has 4 heterocycles. The van der Waals surface area contributed by atoms with E-state index < -0.39 is 0 Å². The summed E-state index contributed by atoms with van der Waals surface area (Å²) in [5.74, 6) is 0. The Morgan fingerprint density at radius 3 is 2.16 bits per heavy atom. The fourth-order valence-electron chi connectivity index (χ4n) is 7.22. The zero-order valence-corrected chi connectivity index (χ0v) is 26.2. The first-order valence-electron chi connectivity index (χ1n) is 16.3. The van der Waals surface area contributed by atoms with Gasteiger partial charge in [-0.15, -0.1) is 0 Å². The third-order valence-electron chi connectivity index (χ3n) is 9.41. The number of furan rings is 2.